The molecule has 1 heterocycles. The minimum absolute atomic E-state index is 0.0996. The van der Waals surface area contributed by atoms with E-state index in [1.54, 1.807) is 6.20 Å². The molecule has 0 saturated heterocycles. The first-order valence-corrected chi connectivity index (χ1v) is 12.7. The molecule has 190 valence electrons. The third kappa shape index (κ3) is 8.52. The van der Waals surface area contributed by atoms with Crippen molar-refractivity contribution in [3.8, 4) is 17.0 Å². The number of carbonyl (C=O) groups is 1. The molecular formula is C30H36N2O4. The maximum absolute atomic E-state index is 12.3. The Kier molecular flexibility index (Phi) is 11.0. The number of aromatic nitrogens is 1. The minimum Gasteiger partial charge on any atom is -0.490 e. The van der Waals surface area contributed by atoms with Crippen LogP contribution in [-0.4, -0.2) is 36.5 Å². The number of nitrogens with zero attached hydrogens (tertiary/aromatic N) is 2. The van der Waals surface area contributed by atoms with E-state index in [9.17, 15) is 4.79 Å². The summed E-state index contributed by atoms with van der Waals surface area (Å²) in [5.41, 5.74) is 4.89. The summed E-state index contributed by atoms with van der Waals surface area (Å²) in [6, 6.07) is 21.8. The molecule has 36 heavy (non-hydrogen) atoms. The molecule has 1 atom stereocenters. The quantitative estimate of drug-likeness (QED) is 0.112. The van der Waals surface area contributed by atoms with Gasteiger partial charge in [0.15, 0.2) is 6.61 Å². The van der Waals surface area contributed by atoms with Gasteiger partial charge in [0.1, 0.15) is 12.4 Å². The predicted molar refractivity (Wildman–Crippen MR) is 143 cm³/mol. The van der Waals surface area contributed by atoms with Gasteiger partial charge in [-0.05, 0) is 62.1 Å². The number of ether oxygens (including phenoxy) is 2. The lowest BCUT2D eigenvalue weighted by Crippen LogP contribution is -2.20. The third-order valence-electron chi connectivity index (χ3n) is 5.84. The van der Waals surface area contributed by atoms with Crippen molar-refractivity contribution >= 4 is 11.7 Å². The van der Waals surface area contributed by atoms with Gasteiger partial charge in [-0.1, -0.05) is 67.4 Å². The van der Waals surface area contributed by atoms with E-state index in [4.69, 9.17) is 14.3 Å². The smallest absolute Gasteiger partial charge is 0.309 e. The van der Waals surface area contributed by atoms with Crippen molar-refractivity contribution in [1.29, 1.82) is 0 Å². The van der Waals surface area contributed by atoms with Crippen molar-refractivity contribution in [2.75, 3.05) is 19.8 Å². The minimum atomic E-state index is -0.108. The summed E-state index contributed by atoms with van der Waals surface area (Å²) < 4.78 is 11.0. The third-order valence-corrected chi connectivity index (χ3v) is 5.84. The molecule has 3 rings (SSSR count). The molecule has 6 heteroatoms. The Labute approximate surface area is 214 Å². The van der Waals surface area contributed by atoms with Crippen LogP contribution in [0.5, 0.6) is 5.75 Å². The zero-order valence-electron chi connectivity index (χ0n) is 21.5. The van der Waals surface area contributed by atoms with E-state index in [2.05, 4.69) is 17.1 Å². The Morgan fingerprint density at radius 1 is 0.972 bits per heavy atom. The van der Waals surface area contributed by atoms with Gasteiger partial charge in [0.25, 0.3) is 0 Å². The number of hydrogen-bond acceptors (Lipinski definition) is 6. The lowest BCUT2D eigenvalue weighted by Gasteiger charge is -2.15. The molecule has 0 aliphatic carbocycles. The highest BCUT2D eigenvalue weighted by atomic mass is 16.6. The normalized spacial score (nSPS) is 12.1. The van der Waals surface area contributed by atoms with Crippen molar-refractivity contribution in [1.82, 2.24) is 4.98 Å². The van der Waals surface area contributed by atoms with Crippen LogP contribution in [0.1, 0.15) is 51.2 Å². The summed E-state index contributed by atoms with van der Waals surface area (Å²) in [6.07, 6.45) is 5.39. The summed E-state index contributed by atoms with van der Waals surface area (Å²) >= 11 is 0. The SMILES string of the molecule is CCCCC(Cc1ccc(OCCON=C(C)c2ccc(-c3ccccn3)cc2)cc1)C(=O)OCC. The van der Waals surface area contributed by atoms with E-state index in [1.165, 1.54) is 0 Å². The molecule has 0 amide bonds. The number of unbranched alkanes of at least 4 members (excludes halogenated alkanes) is 1. The van der Waals surface area contributed by atoms with Crippen molar-refractivity contribution in [2.45, 2.75) is 46.5 Å². The van der Waals surface area contributed by atoms with Gasteiger partial charge in [0, 0.05) is 11.8 Å². The monoisotopic (exact) mass is 488 g/mol. The van der Waals surface area contributed by atoms with Gasteiger partial charge < -0.3 is 14.3 Å². The Balaban J connectivity index is 1.43. The summed E-state index contributed by atoms with van der Waals surface area (Å²) in [5, 5.41) is 4.21. The Morgan fingerprint density at radius 3 is 2.42 bits per heavy atom. The molecule has 0 aliphatic heterocycles. The summed E-state index contributed by atoms with van der Waals surface area (Å²) in [5.74, 6) is 0.551. The molecule has 3 aromatic rings. The molecule has 0 N–H and O–H groups in total. The molecule has 0 fully saturated rings. The van der Waals surface area contributed by atoms with Gasteiger partial charge in [-0.15, -0.1) is 0 Å². The van der Waals surface area contributed by atoms with Crippen LogP contribution in [-0.2, 0) is 20.8 Å². The van der Waals surface area contributed by atoms with Crippen molar-refractivity contribution in [3.63, 3.8) is 0 Å². The molecule has 0 bridgehead atoms. The number of benzene rings is 2. The number of oxime groups is 1. The molecule has 0 spiro atoms. The van der Waals surface area contributed by atoms with Crippen LogP contribution in [0, 0.1) is 5.92 Å². The number of hydrogen-bond donors (Lipinski definition) is 0. The van der Waals surface area contributed by atoms with Crippen molar-refractivity contribution in [2.24, 2.45) is 11.1 Å². The zero-order valence-corrected chi connectivity index (χ0v) is 21.5. The van der Waals surface area contributed by atoms with E-state index >= 15 is 0 Å². The van der Waals surface area contributed by atoms with Gasteiger partial charge in [-0.2, -0.15) is 0 Å². The molecule has 1 aromatic heterocycles. The second-order valence-electron chi connectivity index (χ2n) is 8.59. The van der Waals surface area contributed by atoms with E-state index in [1.807, 2.05) is 80.6 Å². The first-order valence-electron chi connectivity index (χ1n) is 12.7. The lowest BCUT2D eigenvalue weighted by atomic mass is 9.94. The van der Waals surface area contributed by atoms with Crippen LogP contribution in [0.3, 0.4) is 0 Å². The molecule has 6 nitrogen and oxygen atoms in total. The van der Waals surface area contributed by atoms with E-state index in [-0.39, 0.29) is 11.9 Å². The summed E-state index contributed by atoms with van der Waals surface area (Å²) in [7, 11) is 0. The molecule has 0 radical (unpaired) electrons. The second kappa shape index (κ2) is 14.7. The van der Waals surface area contributed by atoms with Crippen LogP contribution in [0.2, 0.25) is 0 Å². The molecule has 1 unspecified atom stereocenters. The number of esters is 1. The maximum Gasteiger partial charge on any atom is 0.309 e. The van der Waals surface area contributed by atoms with E-state index < -0.39 is 0 Å². The average Bonchev–Trinajstić information content (AvgIpc) is 2.92. The fourth-order valence-electron chi connectivity index (χ4n) is 3.83. The molecular weight excluding hydrogens is 452 g/mol. The van der Waals surface area contributed by atoms with Gasteiger partial charge in [0.2, 0.25) is 0 Å². The van der Waals surface area contributed by atoms with Crippen molar-refractivity contribution in [3.05, 3.63) is 84.1 Å². The van der Waals surface area contributed by atoms with E-state index in [0.29, 0.717) is 26.2 Å². The van der Waals surface area contributed by atoms with Crippen LogP contribution in [0.15, 0.2) is 78.1 Å². The predicted octanol–water partition coefficient (Wildman–Crippen LogP) is 6.48. The van der Waals surface area contributed by atoms with Gasteiger partial charge in [-0.3, -0.25) is 9.78 Å². The highest BCUT2D eigenvalue weighted by molar-refractivity contribution is 5.98. The van der Waals surface area contributed by atoms with Crippen LogP contribution >= 0.6 is 0 Å². The summed E-state index contributed by atoms with van der Waals surface area (Å²) in [6.45, 7) is 7.03. The van der Waals surface area contributed by atoms with Crippen molar-refractivity contribution < 1.29 is 19.1 Å². The molecule has 0 aliphatic rings. The Bertz CT molecular complexity index is 1080. The highest BCUT2D eigenvalue weighted by Gasteiger charge is 2.19. The van der Waals surface area contributed by atoms with Crippen LogP contribution in [0.4, 0.5) is 0 Å². The number of carbonyl (C=O) groups excluding carboxylic acids is 1. The van der Waals surface area contributed by atoms with Gasteiger partial charge in [-0.25, -0.2) is 0 Å². The maximum atomic E-state index is 12.3. The Morgan fingerprint density at radius 2 is 1.75 bits per heavy atom. The fraction of sp³-hybridized carbons (Fsp3) is 0.367. The second-order valence-corrected chi connectivity index (χ2v) is 8.59. The standard InChI is InChI=1S/C30H36N2O4/c1-4-6-9-27(30(33)34-5-2)22-24-11-17-28(18-12-24)35-20-21-36-32-23(3)25-13-15-26(16-14-25)29-10-7-8-19-31-29/h7-8,10-19,27H,4-6,9,20-22H2,1-3H3. The first kappa shape index (κ1) is 26.9. The molecule has 2 aromatic carbocycles. The Hall–Kier alpha value is -3.67. The van der Waals surface area contributed by atoms with Crippen LogP contribution in [0.25, 0.3) is 11.3 Å². The topological polar surface area (TPSA) is 70.0 Å². The first-order chi connectivity index (χ1) is 17.6. The summed E-state index contributed by atoms with van der Waals surface area (Å²) in [4.78, 5) is 22.1. The number of rotatable bonds is 14. The lowest BCUT2D eigenvalue weighted by molar-refractivity contribution is -0.148. The van der Waals surface area contributed by atoms with Crippen LogP contribution < -0.4 is 4.74 Å². The number of pyridine rings is 1. The fourth-order valence-corrected chi connectivity index (χ4v) is 3.83. The van der Waals surface area contributed by atoms with E-state index in [0.717, 1.165) is 53.1 Å². The molecule has 0 saturated carbocycles. The zero-order chi connectivity index (χ0) is 25.6. The van der Waals surface area contributed by atoms with Gasteiger partial charge in [0.05, 0.1) is 23.9 Å². The average molecular weight is 489 g/mol. The largest absolute Gasteiger partial charge is 0.490 e. The van der Waals surface area contributed by atoms with Gasteiger partial charge >= 0.3 is 5.97 Å². The highest BCUT2D eigenvalue weighted by Crippen LogP contribution is 2.20.